The molecule has 164 valence electrons. The van der Waals surface area contributed by atoms with Crippen LogP contribution in [0, 0.1) is 11.3 Å². The molecule has 2 rings (SSSR count). The van der Waals surface area contributed by atoms with Crippen LogP contribution in [0.5, 0.6) is 11.5 Å². The van der Waals surface area contributed by atoms with Gasteiger partial charge in [0.25, 0.3) is 0 Å². The van der Waals surface area contributed by atoms with Crippen molar-refractivity contribution in [2.24, 2.45) is 0 Å². The maximum atomic E-state index is 12.7. The number of carbonyl (C=O) groups is 2. The van der Waals surface area contributed by atoms with E-state index in [0.29, 0.717) is 36.1 Å². The predicted octanol–water partition coefficient (Wildman–Crippen LogP) is 3.39. The number of nitriles is 1. The summed E-state index contributed by atoms with van der Waals surface area (Å²) in [6, 6.07) is 16.2. The van der Waals surface area contributed by atoms with Crippen LogP contribution in [0.25, 0.3) is 0 Å². The molecule has 0 radical (unpaired) electrons. The molecule has 0 spiro atoms. The first-order chi connectivity index (χ1) is 15.1. The standard InChI is InChI=1S/C23H27N3O5/c1-29-15-16-31-21-17-18(9-10-20(21)30-2)25-22(27)11-12-23(28)26(14-6-13-24)19-7-4-3-5-8-19/h3-5,7-10,17H,6,11-12,14-16H2,1-2H3,(H,25,27). The number of para-hydroxylation sites is 1. The number of amides is 2. The van der Waals surface area contributed by atoms with Crippen LogP contribution < -0.4 is 19.7 Å². The molecule has 1 N–H and O–H groups in total. The Hall–Kier alpha value is -3.57. The van der Waals surface area contributed by atoms with E-state index < -0.39 is 0 Å². The van der Waals surface area contributed by atoms with E-state index in [9.17, 15) is 9.59 Å². The molecular weight excluding hydrogens is 398 g/mol. The highest BCUT2D eigenvalue weighted by Gasteiger charge is 2.17. The molecule has 0 aromatic heterocycles. The van der Waals surface area contributed by atoms with Gasteiger partial charge in [0.15, 0.2) is 11.5 Å². The Labute approximate surface area is 182 Å². The summed E-state index contributed by atoms with van der Waals surface area (Å²) in [6.07, 6.45) is 0.255. The number of anilines is 2. The van der Waals surface area contributed by atoms with Crippen molar-refractivity contribution in [1.29, 1.82) is 5.26 Å². The Morgan fingerprint density at radius 3 is 2.48 bits per heavy atom. The van der Waals surface area contributed by atoms with Gasteiger partial charge in [0, 0.05) is 43.9 Å². The molecule has 8 heteroatoms. The van der Waals surface area contributed by atoms with Crippen LogP contribution in [-0.2, 0) is 14.3 Å². The lowest BCUT2D eigenvalue weighted by atomic mass is 10.2. The minimum Gasteiger partial charge on any atom is -0.493 e. The molecule has 2 aromatic carbocycles. The summed E-state index contributed by atoms with van der Waals surface area (Å²) in [5.74, 6) is 0.519. The van der Waals surface area contributed by atoms with Crippen LogP contribution >= 0.6 is 0 Å². The number of benzene rings is 2. The highest BCUT2D eigenvalue weighted by Crippen LogP contribution is 2.30. The number of ether oxygens (including phenoxy) is 3. The van der Waals surface area contributed by atoms with Crippen molar-refractivity contribution in [2.75, 3.05) is 44.2 Å². The van der Waals surface area contributed by atoms with Gasteiger partial charge in [-0.05, 0) is 24.3 Å². The van der Waals surface area contributed by atoms with E-state index in [4.69, 9.17) is 19.5 Å². The van der Waals surface area contributed by atoms with Gasteiger partial charge in [-0.1, -0.05) is 18.2 Å². The zero-order valence-corrected chi connectivity index (χ0v) is 17.8. The van der Waals surface area contributed by atoms with E-state index in [2.05, 4.69) is 11.4 Å². The van der Waals surface area contributed by atoms with Gasteiger partial charge in [0.2, 0.25) is 11.8 Å². The van der Waals surface area contributed by atoms with Crippen LogP contribution in [0.4, 0.5) is 11.4 Å². The monoisotopic (exact) mass is 425 g/mol. The highest BCUT2D eigenvalue weighted by atomic mass is 16.5. The molecule has 0 bridgehead atoms. The minimum atomic E-state index is -0.297. The van der Waals surface area contributed by atoms with Gasteiger partial charge in [-0.3, -0.25) is 9.59 Å². The van der Waals surface area contributed by atoms with Gasteiger partial charge in [-0.25, -0.2) is 0 Å². The molecule has 0 saturated carbocycles. The Bertz CT molecular complexity index is 896. The first-order valence-electron chi connectivity index (χ1n) is 9.91. The fraction of sp³-hybridized carbons (Fsp3) is 0.348. The smallest absolute Gasteiger partial charge is 0.227 e. The van der Waals surface area contributed by atoms with Crippen LogP contribution in [-0.4, -0.2) is 45.8 Å². The second-order valence-electron chi connectivity index (χ2n) is 6.54. The molecular formula is C23H27N3O5. The van der Waals surface area contributed by atoms with E-state index in [1.54, 1.807) is 37.4 Å². The molecule has 2 amide bonds. The van der Waals surface area contributed by atoms with Crippen molar-refractivity contribution in [3.05, 3.63) is 48.5 Å². The molecule has 0 atom stereocenters. The third-order valence-electron chi connectivity index (χ3n) is 4.37. The average molecular weight is 425 g/mol. The highest BCUT2D eigenvalue weighted by molar-refractivity contribution is 5.98. The molecule has 0 aliphatic heterocycles. The number of hydrogen-bond donors (Lipinski definition) is 1. The maximum Gasteiger partial charge on any atom is 0.227 e. The van der Waals surface area contributed by atoms with Gasteiger partial charge in [-0.15, -0.1) is 0 Å². The quantitative estimate of drug-likeness (QED) is 0.523. The van der Waals surface area contributed by atoms with E-state index >= 15 is 0 Å². The molecule has 0 aliphatic carbocycles. The van der Waals surface area contributed by atoms with Gasteiger partial charge in [0.05, 0.1) is 26.2 Å². The molecule has 2 aromatic rings. The largest absolute Gasteiger partial charge is 0.493 e. The Morgan fingerprint density at radius 1 is 1.03 bits per heavy atom. The van der Waals surface area contributed by atoms with Crippen LogP contribution in [0.1, 0.15) is 19.3 Å². The lowest BCUT2D eigenvalue weighted by Crippen LogP contribution is -2.32. The first-order valence-corrected chi connectivity index (χ1v) is 9.91. The topological polar surface area (TPSA) is 101 Å². The van der Waals surface area contributed by atoms with E-state index in [1.807, 2.05) is 18.2 Å². The third-order valence-corrected chi connectivity index (χ3v) is 4.37. The summed E-state index contributed by atoms with van der Waals surface area (Å²) < 4.78 is 15.9. The Morgan fingerprint density at radius 2 is 1.81 bits per heavy atom. The molecule has 0 heterocycles. The van der Waals surface area contributed by atoms with E-state index in [0.717, 1.165) is 0 Å². The lowest BCUT2D eigenvalue weighted by Gasteiger charge is -2.21. The van der Waals surface area contributed by atoms with Crippen molar-refractivity contribution in [3.8, 4) is 17.6 Å². The summed E-state index contributed by atoms with van der Waals surface area (Å²) >= 11 is 0. The lowest BCUT2D eigenvalue weighted by molar-refractivity contribution is -0.122. The first kappa shape index (κ1) is 23.7. The van der Waals surface area contributed by atoms with Gasteiger partial charge in [-0.2, -0.15) is 5.26 Å². The number of rotatable bonds is 12. The van der Waals surface area contributed by atoms with Crippen molar-refractivity contribution < 1.29 is 23.8 Å². The maximum absolute atomic E-state index is 12.7. The van der Waals surface area contributed by atoms with Crippen molar-refractivity contribution >= 4 is 23.2 Å². The Kier molecular flexibility index (Phi) is 9.85. The Balaban J connectivity index is 1.96. The number of nitrogens with zero attached hydrogens (tertiary/aromatic N) is 2. The van der Waals surface area contributed by atoms with Crippen LogP contribution in [0.15, 0.2) is 48.5 Å². The number of carbonyl (C=O) groups excluding carboxylic acids is 2. The zero-order valence-electron chi connectivity index (χ0n) is 17.8. The summed E-state index contributed by atoms with van der Waals surface area (Å²) in [6.45, 7) is 1.05. The van der Waals surface area contributed by atoms with Crippen molar-refractivity contribution in [3.63, 3.8) is 0 Å². The number of methoxy groups -OCH3 is 2. The SMILES string of the molecule is COCCOc1cc(NC(=O)CCC(=O)N(CCC#N)c2ccccc2)ccc1OC. The van der Waals surface area contributed by atoms with Crippen molar-refractivity contribution in [2.45, 2.75) is 19.3 Å². The fourth-order valence-corrected chi connectivity index (χ4v) is 2.85. The summed E-state index contributed by atoms with van der Waals surface area (Å²) in [7, 11) is 3.12. The minimum absolute atomic E-state index is 0.0145. The normalized spacial score (nSPS) is 10.1. The number of nitrogens with one attached hydrogen (secondary N) is 1. The summed E-state index contributed by atoms with van der Waals surface area (Å²) in [5.41, 5.74) is 1.24. The predicted molar refractivity (Wildman–Crippen MR) is 117 cm³/mol. The molecule has 8 nitrogen and oxygen atoms in total. The van der Waals surface area contributed by atoms with Crippen LogP contribution in [0.2, 0.25) is 0 Å². The molecule has 0 saturated heterocycles. The summed E-state index contributed by atoms with van der Waals surface area (Å²) in [4.78, 5) is 26.6. The molecule has 0 fully saturated rings. The number of hydrogen-bond acceptors (Lipinski definition) is 6. The third kappa shape index (κ3) is 7.64. The molecule has 0 unspecified atom stereocenters. The second-order valence-corrected chi connectivity index (χ2v) is 6.54. The van der Waals surface area contributed by atoms with E-state index in [1.165, 1.54) is 12.0 Å². The molecule has 0 aliphatic rings. The van der Waals surface area contributed by atoms with E-state index in [-0.39, 0.29) is 37.6 Å². The fourth-order valence-electron chi connectivity index (χ4n) is 2.85. The van der Waals surface area contributed by atoms with Crippen LogP contribution in [0.3, 0.4) is 0 Å². The summed E-state index contributed by atoms with van der Waals surface area (Å²) in [5, 5.41) is 11.6. The zero-order chi connectivity index (χ0) is 22.5. The van der Waals surface area contributed by atoms with Gasteiger partial charge >= 0.3 is 0 Å². The van der Waals surface area contributed by atoms with Crippen molar-refractivity contribution in [1.82, 2.24) is 0 Å². The van der Waals surface area contributed by atoms with Gasteiger partial charge in [0.1, 0.15) is 6.61 Å². The van der Waals surface area contributed by atoms with Gasteiger partial charge < -0.3 is 24.4 Å². The second kappa shape index (κ2) is 12.9. The average Bonchev–Trinajstić information content (AvgIpc) is 2.79. The molecule has 31 heavy (non-hydrogen) atoms.